The third kappa shape index (κ3) is 5.90. The van der Waals surface area contributed by atoms with Crippen molar-refractivity contribution in [3.63, 3.8) is 0 Å². The Morgan fingerprint density at radius 1 is 1.30 bits per heavy atom. The fraction of sp³-hybridized carbons (Fsp3) is 0.500. The molecule has 0 unspecified atom stereocenters. The summed E-state index contributed by atoms with van der Waals surface area (Å²) in [5.74, 6) is -0.0958. The van der Waals surface area contributed by atoms with Gasteiger partial charge in [-0.2, -0.15) is 0 Å². The quantitative estimate of drug-likeness (QED) is 0.556. The first-order valence-corrected chi connectivity index (χ1v) is 6.50. The number of hydrogen-bond donors (Lipinski definition) is 3. The Morgan fingerprint density at radius 3 is 2.75 bits per heavy atom. The van der Waals surface area contributed by atoms with Crippen LogP contribution in [0.5, 0.6) is 11.5 Å². The zero-order chi connectivity index (χ0) is 14.8. The number of methoxy groups -OCH3 is 1. The van der Waals surface area contributed by atoms with Crippen LogP contribution in [0.15, 0.2) is 18.2 Å². The van der Waals surface area contributed by atoms with E-state index in [4.69, 9.17) is 19.7 Å². The Hall–Kier alpha value is -1.79. The molecule has 0 aliphatic heterocycles. The van der Waals surface area contributed by atoms with Crippen LogP contribution < -0.4 is 14.8 Å². The number of aliphatic carboxylic acids is 1. The molecule has 0 saturated carbocycles. The molecule has 0 aromatic heterocycles. The number of ether oxygens (including phenoxy) is 2. The Morgan fingerprint density at radius 2 is 2.10 bits per heavy atom. The summed E-state index contributed by atoms with van der Waals surface area (Å²) in [5.41, 5.74) is 1.02. The van der Waals surface area contributed by atoms with E-state index in [2.05, 4.69) is 5.32 Å². The van der Waals surface area contributed by atoms with Crippen molar-refractivity contribution in [2.24, 2.45) is 0 Å². The second kappa shape index (κ2) is 9.17. The van der Waals surface area contributed by atoms with Gasteiger partial charge in [-0.1, -0.05) is 6.07 Å². The molecule has 0 saturated heterocycles. The van der Waals surface area contributed by atoms with Gasteiger partial charge in [-0.25, -0.2) is 4.79 Å². The van der Waals surface area contributed by atoms with E-state index in [9.17, 15) is 4.79 Å². The van der Waals surface area contributed by atoms with Crippen LogP contribution in [0.1, 0.15) is 18.4 Å². The largest absolute Gasteiger partial charge is 0.493 e. The van der Waals surface area contributed by atoms with Gasteiger partial charge in [-0.15, -0.1) is 0 Å². The summed E-state index contributed by atoms with van der Waals surface area (Å²) in [6.07, 6.45) is 1.71. The number of rotatable bonds is 10. The number of unbranched alkanes of at least 4 members (excludes halogenated alkanes) is 1. The zero-order valence-corrected chi connectivity index (χ0v) is 11.6. The summed E-state index contributed by atoms with van der Waals surface area (Å²) in [6.45, 7) is 1.33. The van der Waals surface area contributed by atoms with Gasteiger partial charge >= 0.3 is 5.97 Å². The first kappa shape index (κ1) is 16.3. The molecule has 1 aromatic carbocycles. The Bertz CT molecular complexity index is 422. The van der Waals surface area contributed by atoms with Gasteiger partial charge in [0.15, 0.2) is 18.1 Å². The van der Waals surface area contributed by atoms with Crippen molar-refractivity contribution in [3.05, 3.63) is 23.8 Å². The Balaban J connectivity index is 2.51. The number of carbonyl (C=O) groups is 1. The lowest BCUT2D eigenvalue weighted by molar-refractivity contribution is -0.139. The number of hydrogen-bond acceptors (Lipinski definition) is 5. The molecule has 6 heteroatoms. The molecule has 0 radical (unpaired) electrons. The van der Waals surface area contributed by atoms with Crippen LogP contribution in [-0.4, -0.2) is 43.1 Å². The Kier molecular flexibility index (Phi) is 7.46. The molecule has 0 heterocycles. The van der Waals surface area contributed by atoms with Crippen molar-refractivity contribution >= 4 is 5.97 Å². The molecular formula is C14H21NO5. The van der Waals surface area contributed by atoms with E-state index in [0.29, 0.717) is 18.0 Å². The average Bonchev–Trinajstić information content (AvgIpc) is 2.45. The molecule has 0 atom stereocenters. The minimum absolute atomic E-state index is 0.213. The zero-order valence-electron chi connectivity index (χ0n) is 11.6. The second-order valence-electron chi connectivity index (χ2n) is 4.28. The maximum absolute atomic E-state index is 10.5. The molecule has 6 nitrogen and oxygen atoms in total. The molecule has 0 fully saturated rings. The normalized spacial score (nSPS) is 10.3. The first-order chi connectivity index (χ1) is 9.67. The van der Waals surface area contributed by atoms with E-state index in [0.717, 1.165) is 24.9 Å². The number of benzene rings is 1. The number of aliphatic hydroxyl groups is 1. The van der Waals surface area contributed by atoms with Gasteiger partial charge in [0.05, 0.1) is 7.11 Å². The topological polar surface area (TPSA) is 88.0 Å². The van der Waals surface area contributed by atoms with E-state index < -0.39 is 12.6 Å². The summed E-state index contributed by atoms with van der Waals surface area (Å²) in [6, 6.07) is 5.38. The minimum atomic E-state index is -1.03. The molecule has 112 valence electrons. The highest BCUT2D eigenvalue weighted by atomic mass is 16.5. The molecule has 0 bridgehead atoms. The summed E-state index contributed by atoms with van der Waals surface area (Å²) < 4.78 is 10.3. The highest BCUT2D eigenvalue weighted by Gasteiger charge is 2.07. The van der Waals surface area contributed by atoms with Crippen LogP contribution >= 0.6 is 0 Å². The maximum Gasteiger partial charge on any atom is 0.341 e. The molecule has 0 amide bonds. The van der Waals surface area contributed by atoms with Crippen molar-refractivity contribution < 1.29 is 24.5 Å². The Labute approximate surface area is 118 Å². The predicted molar refractivity (Wildman–Crippen MR) is 74.2 cm³/mol. The minimum Gasteiger partial charge on any atom is -0.493 e. The summed E-state index contributed by atoms with van der Waals surface area (Å²) in [5, 5.41) is 20.5. The summed E-state index contributed by atoms with van der Waals surface area (Å²) >= 11 is 0. The SMILES string of the molecule is COc1cc(CNCCCCO)ccc1OCC(=O)O. The van der Waals surface area contributed by atoms with E-state index >= 15 is 0 Å². The van der Waals surface area contributed by atoms with Crippen molar-refractivity contribution in [1.29, 1.82) is 0 Å². The number of carboxylic acid groups (broad SMARTS) is 1. The van der Waals surface area contributed by atoms with Crippen molar-refractivity contribution in [2.45, 2.75) is 19.4 Å². The van der Waals surface area contributed by atoms with Crippen molar-refractivity contribution in [1.82, 2.24) is 5.32 Å². The molecule has 1 aromatic rings. The van der Waals surface area contributed by atoms with Crippen LogP contribution in [0.4, 0.5) is 0 Å². The van der Waals surface area contributed by atoms with Crippen molar-refractivity contribution in [2.75, 3.05) is 26.9 Å². The van der Waals surface area contributed by atoms with Gasteiger partial charge in [0.1, 0.15) is 0 Å². The highest BCUT2D eigenvalue weighted by Crippen LogP contribution is 2.27. The third-order valence-corrected chi connectivity index (χ3v) is 2.67. The van der Waals surface area contributed by atoms with E-state index in [1.54, 1.807) is 6.07 Å². The number of nitrogens with one attached hydrogen (secondary N) is 1. The second-order valence-corrected chi connectivity index (χ2v) is 4.28. The summed E-state index contributed by atoms with van der Waals surface area (Å²) in [4.78, 5) is 10.5. The lowest BCUT2D eigenvalue weighted by Gasteiger charge is -2.11. The van der Waals surface area contributed by atoms with Crippen molar-refractivity contribution in [3.8, 4) is 11.5 Å². The fourth-order valence-corrected chi connectivity index (χ4v) is 1.68. The maximum atomic E-state index is 10.5. The smallest absolute Gasteiger partial charge is 0.341 e. The van der Waals surface area contributed by atoms with Gasteiger partial charge in [0, 0.05) is 13.2 Å². The standard InChI is InChI=1S/C14H21NO5/c1-19-13-8-11(9-15-6-2-3-7-16)4-5-12(13)20-10-14(17)18/h4-5,8,15-16H,2-3,6-7,9-10H2,1H3,(H,17,18). The molecule has 0 aliphatic rings. The average molecular weight is 283 g/mol. The third-order valence-electron chi connectivity index (χ3n) is 2.67. The molecule has 0 spiro atoms. The fourth-order valence-electron chi connectivity index (χ4n) is 1.68. The van der Waals surface area contributed by atoms with Gasteiger partial charge in [-0.05, 0) is 37.1 Å². The lowest BCUT2D eigenvalue weighted by Crippen LogP contribution is -2.15. The number of aliphatic hydroxyl groups excluding tert-OH is 1. The van der Waals surface area contributed by atoms with Gasteiger partial charge in [0.2, 0.25) is 0 Å². The van der Waals surface area contributed by atoms with E-state index in [1.807, 2.05) is 12.1 Å². The van der Waals surface area contributed by atoms with Crippen LogP contribution in [0.25, 0.3) is 0 Å². The van der Waals surface area contributed by atoms with E-state index in [-0.39, 0.29) is 6.61 Å². The van der Waals surface area contributed by atoms with E-state index in [1.165, 1.54) is 7.11 Å². The van der Waals surface area contributed by atoms with Gasteiger partial charge in [0.25, 0.3) is 0 Å². The molecule has 20 heavy (non-hydrogen) atoms. The van der Waals surface area contributed by atoms with Crippen LogP contribution in [0.3, 0.4) is 0 Å². The van der Waals surface area contributed by atoms with Crippen LogP contribution in [-0.2, 0) is 11.3 Å². The monoisotopic (exact) mass is 283 g/mol. The van der Waals surface area contributed by atoms with Gasteiger partial charge < -0.3 is 25.0 Å². The van der Waals surface area contributed by atoms with Crippen LogP contribution in [0, 0.1) is 0 Å². The molecule has 3 N–H and O–H groups in total. The molecular weight excluding hydrogens is 262 g/mol. The number of carboxylic acids is 1. The summed E-state index contributed by atoms with van der Waals surface area (Å²) in [7, 11) is 1.52. The predicted octanol–water partition coefficient (Wildman–Crippen LogP) is 1.02. The van der Waals surface area contributed by atoms with Crippen LogP contribution in [0.2, 0.25) is 0 Å². The van der Waals surface area contributed by atoms with Gasteiger partial charge in [-0.3, -0.25) is 0 Å². The molecule has 0 aliphatic carbocycles. The lowest BCUT2D eigenvalue weighted by atomic mass is 10.2. The molecule has 1 rings (SSSR count). The first-order valence-electron chi connectivity index (χ1n) is 6.50. The highest BCUT2D eigenvalue weighted by molar-refractivity contribution is 5.68.